The summed E-state index contributed by atoms with van der Waals surface area (Å²) in [6.07, 6.45) is 1.64. The molecule has 1 aromatic rings. The van der Waals surface area contributed by atoms with E-state index in [0.29, 0.717) is 13.1 Å². The molecule has 1 aliphatic rings. The topological polar surface area (TPSA) is 53.4 Å². The molecular formula is C12H13Cl3N2O2. The van der Waals surface area contributed by atoms with E-state index in [1.165, 1.54) is 6.20 Å². The maximum absolute atomic E-state index is 12.3. The van der Waals surface area contributed by atoms with E-state index in [0.717, 1.165) is 6.42 Å². The third-order valence-corrected chi connectivity index (χ3v) is 4.55. The Morgan fingerprint density at radius 1 is 1.47 bits per heavy atom. The molecule has 1 N–H and O–H groups in total. The van der Waals surface area contributed by atoms with Gasteiger partial charge in [0, 0.05) is 25.2 Å². The first-order valence-electron chi connectivity index (χ1n) is 5.88. The lowest BCUT2D eigenvalue weighted by Crippen LogP contribution is -2.31. The second kappa shape index (κ2) is 5.83. The first-order chi connectivity index (χ1) is 8.91. The van der Waals surface area contributed by atoms with E-state index in [2.05, 4.69) is 4.98 Å². The number of carbonyl (C=O) groups excluding carboxylic acids is 1. The van der Waals surface area contributed by atoms with Crippen molar-refractivity contribution in [2.24, 2.45) is 5.92 Å². The van der Waals surface area contributed by atoms with Crippen LogP contribution < -0.4 is 0 Å². The van der Waals surface area contributed by atoms with E-state index in [9.17, 15) is 9.90 Å². The average molecular weight is 324 g/mol. The van der Waals surface area contributed by atoms with Gasteiger partial charge in [0.15, 0.2) is 0 Å². The lowest BCUT2D eigenvalue weighted by atomic mass is 10.0. The molecule has 104 valence electrons. The summed E-state index contributed by atoms with van der Waals surface area (Å²) in [4.78, 5) is 17.9. The summed E-state index contributed by atoms with van der Waals surface area (Å²) in [6, 6.07) is 0. The quantitative estimate of drug-likeness (QED) is 0.910. The van der Waals surface area contributed by atoms with Crippen LogP contribution in [0.4, 0.5) is 0 Å². The fourth-order valence-electron chi connectivity index (χ4n) is 2.11. The Morgan fingerprint density at radius 2 is 2.16 bits per heavy atom. The van der Waals surface area contributed by atoms with Gasteiger partial charge >= 0.3 is 0 Å². The number of nitrogens with zero attached hydrogens (tertiary/aromatic N) is 2. The lowest BCUT2D eigenvalue weighted by molar-refractivity contribution is 0.0757. The second-order valence-corrected chi connectivity index (χ2v) is 5.79. The molecule has 19 heavy (non-hydrogen) atoms. The third-order valence-electron chi connectivity index (χ3n) is 3.31. The normalized spacial score (nSPS) is 20.7. The van der Waals surface area contributed by atoms with Gasteiger partial charge in [0.2, 0.25) is 0 Å². The molecule has 1 saturated heterocycles. The maximum atomic E-state index is 12.3. The molecule has 2 heterocycles. The summed E-state index contributed by atoms with van der Waals surface area (Å²) in [5.41, 5.74) is 0.0994. The van der Waals surface area contributed by atoms with Crippen LogP contribution in [0.3, 0.4) is 0 Å². The van der Waals surface area contributed by atoms with Crippen LogP contribution in [0, 0.1) is 5.92 Å². The molecule has 1 aliphatic heterocycles. The number of aromatic nitrogens is 1. The monoisotopic (exact) mass is 322 g/mol. The summed E-state index contributed by atoms with van der Waals surface area (Å²) < 4.78 is 0. The Kier molecular flexibility index (Phi) is 4.56. The van der Waals surface area contributed by atoms with Crippen LogP contribution in [-0.4, -0.2) is 40.1 Å². The summed E-state index contributed by atoms with van der Waals surface area (Å²) in [6.45, 7) is 2.80. The van der Waals surface area contributed by atoms with E-state index < -0.39 is 6.10 Å². The van der Waals surface area contributed by atoms with E-state index in [4.69, 9.17) is 34.8 Å². The van der Waals surface area contributed by atoms with Crippen LogP contribution in [0.25, 0.3) is 0 Å². The van der Waals surface area contributed by atoms with E-state index in [1.807, 2.05) is 0 Å². The van der Waals surface area contributed by atoms with Crippen molar-refractivity contribution in [3.63, 3.8) is 0 Å². The third kappa shape index (κ3) is 2.97. The number of halogens is 3. The fraction of sp³-hybridized carbons (Fsp3) is 0.500. The highest BCUT2D eigenvalue weighted by Gasteiger charge is 2.31. The van der Waals surface area contributed by atoms with Gasteiger partial charge in [0.1, 0.15) is 5.69 Å². The van der Waals surface area contributed by atoms with Crippen molar-refractivity contribution in [3.05, 3.63) is 27.0 Å². The molecule has 1 amide bonds. The molecule has 7 heteroatoms. The number of amides is 1. The van der Waals surface area contributed by atoms with Gasteiger partial charge in [-0.15, -0.1) is 0 Å². The molecule has 0 aromatic carbocycles. The van der Waals surface area contributed by atoms with Gasteiger partial charge in [0.25, 0.3) is 5.91 Å². The van der Waals surface area contributed by atoms with Gasteiger partial charge in [-0.3, -0.25) is 4.79 Å². The molecule has 0 bridgehead atoms. The number of rotatable bonds is 2. The highest BCUT2D eigenvalue weighted by atomic mass is 35.5. The molecule has 2 atom stereocenters. The lowest BCUT2D eigenvalue weighted by Gasteiger charge is -2.18. The summed E-state index contributed by atoms with van der Waals surface area (Å²) in [7, 11) is 0. The van der Waals surface area contributed by atoms with Crippen molar-refractivity contribution in [3.8, 4) is 0 Å². The standard InChI is InChI=1S/C12H13Cl3N2O2/c1-6(18)7-2-3-17(5-7)12(19)11-10(15)9(14)8(13)4-16-11/h4,6-7,18H,2-3,5H2,1H3. The van der Waals surface area contributed by atoms with Crippen LogP contribution in [0.5, 0.6) is 0 Å². The number of hydrogen-bond donors (Lipinski definition) is 1. The van der Waals surface area contributed by atoms with Crippen molar-refractivity contribution < 1.29 is 9.90 Å². The zero-order valence-corrected chi connectivity index (χ0v) is 12.5. The van der Waals surface area contributed by atoms with Gasteiger partial charge < -0.3 is 10.0 Å². The Balaban J connectivity index is 2.20. The highest BCUT2D eigenvalue weighted by Crippen LogP contribution is 2.32. The van der Waals surface area contributed by atoms with Crippen molar-refractivity contribution in [1.82, 2.24) is 9.88 Å². The molecule has 4 nitrogen and oxygen atoms in total. The number of hydrogen-bond acceptors (Lipinski definition) is 3. The van der Waals surface area contributed by atoms with Gasteiger partial charge in [-0.2, -0.15) is 0 Å². The molecule has 1 fully saturated rings. The Bertz CT molecular complexity index is 508. The molecule has 0 saturated carbocycles. The minimum Gasteiger partial charge on any atom is -0.393 e. The number of pyridine rings is 1. The zero-order chi connectivity index (χ0) is 14.2. The van der Waals surface area contributed by atoms with Gasteiger partial charge in [-0.1, -0.05) is 34.8 Å². The first-order valence-corrected chi connectivity index (χ1v) is 7.02. The molecule has 2 rings (SSSR count). The number of carbonyl (C=O) groups is 1. The average Bonchev–Trinajstić information content (AvgIpc) is 2.85. The van der Waals surface area contributed by atoms with Crippen molar-refractivity contribution >= 4 is 40.7 Å². The predicted molar refractivity (Wildman–Crippen MR) is 75.0 cm³/mol. The SMILES string of the molecule is CC(O)C1CCN(C(=O)c2ncc(Cl)c(Cl)c2Cl)C1. The molecule has 0 radical (unpaired) electrons. The van der Waals surface area contributed by atoms with Crippen molar-refractivity contribution in [2.45, 2.75) is 19.4 Å². The van der Waals surface area contributed by atoms with E-state index in [1.54, 1.807) is 11.8 Å². The van der Waals surface area contributed by atoms with E-state index in [-0.39, 0.29) is 32.6 Å². The van der Waals surface area contributed by atoms with Crippen molar-refractivity contribution in [2.75, 3.05) is 13.1 Å². The van der Waals surface area contributed by atoms with Crippen LogP contribution in [0.1, 0.15) is 23.8 Å². The molecule has 0 spiro atoms. The molecular weight excluding hydrogens is 311 g/mol. The Labute approximate surface area is 126 Å². The summed E-state index contributed by atoms with van der Waals surface area (Å²) in [5.74, 6) is -0.197. The van der Waals surface area contributed by atoms with Crippen LogP contribution in [0.15, 0.2) is 6.20 Å². The van der Waals surface area contributed by atoms with Gasteiger partial charge in [-0.05, 0) is 13.3 Å². The molecule has 0 aliphatic carbocycles. The van der Waals surface area contributed by atoms with Gasteiger partial charge in [-0.25, -0.2) is 4.98 Å². The minimum atomic E-state index is -0.435. The van der Waals surface area contributed by atoms with Crippen LogP contribution >= 0.6 is 34.8 Å². The predicted octanol–water partition coefficient (Wildman–Crippen LogP) is 2.88. The highest BCUT2D eigenvalue weighted by molar-refractivity contribution is 6.48. The Morgan fingerprint density at radius 3 is 2.74 bits per heavy atom. The number of aliphatic hydroxyl groups excluding tert-OH is 1. The summed E-state index contributed by atoms with van der Waals surface area (Å²) in [5, 5.41) is 9.95. The van der Waals surface area contributed by atoms with Crippen molar-refractivity contribution in [1.29, 1.82) is 0 Å². The maximum Gasteiger partial charge on any atom is 0.274 e. The number of aliphatic hydroxyl groups is 1. The molecule has 2 unspecified atom stereocenters. The van der Waals surface area contributed by atoms with Crippen LogP contribution in [-0.2, 0) is 0 Å². The Hall–Kier alpha value is -0.550. The summed E-state index contributed by atoms with van der Waals surface area (Å²) >= 11 is 17.7. The second-order valence-electron chi connectivity index (χ2n) is 4.62. The largest absolute Gasteiger partial charge is 0.393 e. The van der Waals surface area contributed by atoms with Crippen LogP contribution in [0.2, 0.25) is 15.1 Å². The minimum absolute atomic E-state index is 0.0691. The first kappa shape index (κ1) is 14.9. The van der Waals surface area contributed by atoms with E-state index >= 15 is 0 Å². The smallest absolute Gasteiger partial charge is 0.274 e. The van der Waals surface area contributed by atoms with Gasteiger partial charge in [0.05, 0.1) is 21.2 Å². The zero-order valence-electron chi connectivity index (χ0n) is 10.2. The number of likely N-dealkylation sites (tertiary alicyclic amines) is 1. The fourth-order valence-corrected chi connectivity index (χ4v) is 2.67. The molecule has 1 aromatic heterocycles.